The molecule has 2 unspecified atom stereocenters. The van der Waals surface area contributed by atoms with Gasteiger partial charge in [0.25, 0.3) is 0 Å². The van der Waals surface area contributed by atoms with E-state index in [1.807, 2.05) is 0 Å². The second kappa shape index (κ2) is 10.4. The normalized spacial score (nSPS) is 21.6. The highest BCUT2D eigenvalue weighted by Crippen LogP contribution is 2.47. The minimum absolute atomic E-state index is 0. The summed E-state index contributed by atoms with van der Waals surface area (Å²) in [5.41, 5.74) is 8.56. The van der Waals surface area contributed by atoms with Crippen molar-refractivity contribution in [1.29, 1.82) is 0 Å². The maximum absolute atomic E-state index is 3.83. The summed E-state index contributed by atoms with van der Waals surface area (Å²) >= 11 is 0. The molecule has 2 heterocycles. The third-order valence-electron chi connectivity index (χ3n) is 6.72. The molecular formula is C26H32Br2N2. The number of fused-ring (bicyclic) bond motifs is 3. The molecule has 0 aromatic heterocycles. The molecule has 5 rings (SSSR count). The highest BCUT2D eigenvalue weighted by Gasteiger charge is 2.34. The molecule has 2 aromatic carbocycles. The zero-order valence-corrected chi connectivity index (χ0v) is 21.1. The number of hydrogen-bond donors (Lipinski definition) is 1. The summed E-state index contributed by atoms with van der Waals surface area (Å²) < 4.78 is 0. The Hall–Kier alpha value is -1.20. The van der Waals surface area contributed by atoms with Crippen molar-refractivity contribution in [2.45, 2.75) is 44.7 Å². The zero-order valence-electron chi connectivity index (χ0n) is 17.6. The first-order valence-electron chi connectivity index (χ1n) is 10.9. The van der Waals surface area contributed by atoms with Crippen LogP contribution in [-0.4, -0.2) is 36.6 Å². The van der Waals surface area contributed by atoms with Gasteiger partial charge in [0.05, 0.1) is 0 Å². The number of nitrogens with zero attached hydrogens (tertiary/aromatic N) is 1. The number of hydrogen-bond acceptors (Lipinski definition) is 2. The van der Waals surface area contributed by atoms with Crippen LogP contribution in [0.5, 0.6) is 0 Å². The van der Waals surface area contributed by atoms with Crippen molar-refractivity contribution in [2.75, 3.05) is 19.6 Å². The van der Waals surface area contributed by atoms with Gasteiger partial charge in [-0.1, -0.05) is 67.1 Å². The van der Waals surface area contributed by atoms with Crippen LogP contribution in [0.2, 0.25) is 0 Å². The van der Waals surface area contributed by atoms with Crippen LogP contribution in [0.4, 0.5) is 0 Å². The molecule has 0 radical (unpaired) electrons. The lowest BCUT2D eigenvalue weighted by atomic mass is 9.87. The first kappa shape index (κ1) is 23.5. The van der Waals surface area contributed by atoms with E-state index in [1.165, 1.54) is 72.2 Å². The quantitative estimate of drug-likeness (QED) is 0.499. The van der Waals surface area contributed by atoms with Gasteiger partial charge in [0.15, 0.2) is 0 Å². The Morgan fingerprint density at radius 3 is 2.30 bits per heavy atom. The van der Waals surface area contributed by atoms with Crippen LogP contribution in [0.15, 0.2) is 66.2 Å². The molecule has 30 heavy (non-hydrogen) atoms. The Bertz CT molecular complexity index is 914. The summed E-state index contributed by atoms with van der Waals surface area (Å²) in [5, 5.41) is 3.83. The van der Waals surface area contributed by atoms with E-state index in [0.717, 1.165) is 6.54 Å². The van der Waals surface area contributed by atoms with E-state index in [0.29, 0.717) is 12.1 Å². The molecule has 160 valence electrons. The average Bonchev–Trinajstić information content (AvgIpc) is 3.10. The molecule has 1 saturated heterocycles. The Balaban J connectivity index is 0.00000128. The maximum Gasteiger partial charge on any atom is 0.0350 e. The average molecular weight is 532 g/mol. The van der Waals surface area contributed by atoms with Crippen LogP contribution in [0.3, 0.4) is 0 Å². The van der Waals surface area contributed by atoms with Crippen molar-refractivity contribution in [3.8, 4) is 0 Å². The van der Waals surface area contributed by atoms with E-state index in [4.69, 9.17) is 0 Å². The molecule has 2 aromatic rings. The van der Waals surface area contributed by atoms with Crippen LogP contribution < -0.4 is 5.32 Å². The van der Waals surface area contributed by atoms with E-state index in [-0.39, 0.29) is 34.0 Å². The Kier molecular flexibility index (Phi) is 8.14. The molecule has 4 heteroatoms. The highest BCUT2D eigenvalue weighted by molar-refractivity contribution is 8.93. The number of nitrogens with one attached hydrogen (secondary N) is 1. The molecule has 1 N–H and O–H groups in total. The van der Waals surface area contributed by atoms with Crippen LogP contribution in [0.25, 0.3) is 11.1 Å². The van der Waals surface area contributed by atoms with Crippen molar-refractivity contribution in [3.05, 3.63) is 82.9 Å². The van der Waals surface area contributed by atoms with Crippen LogP contribution in [-0.2, 0) is 0 Å². The van der Waals surface area contributed by atoms with Crippen molar-refractivity contribution in [1.82, 2.24) is 10.2 Å². The predicted molar refractivity (Wildman–Crippen MR) is 139 cm³/mol. The largest absolute Gasteiger partial charge is 0.306 e. The molecule has 2 atom stereocenters. The van der Waals surface area contributed by atoms with Crippen LogP contribution in [0.1, 0.15) is 49.3 Å². The standard InChI is InChI=1S/C26H30N2.2BrH/c1-19(28-16-8-3-9-17-28)18-24-26-23(14-15-27-24)21-12-6-7-13-22(21)25(26)20-10-4-2-5-11-20;;/h2,4-7,10-14,19,24,27H,3,8-9,15-18H2,1H3;2*1H. The van der Waals surface area contributed by atoms with Crippen LogP contribution >= 0.6 is 34.0 Å². The molecule has 2 nitrogen and oxygen atoms in total. The number of rotatable bonds is 4. The second-order valence-corrected chi connectivity index (χ2v) is 8.46. The number of benzene rings is 2. The van der Waals surface area contributed by atoms with Gasteiger partial charge in [-0.15, -0.1) is 34.0 Å². The summed E-state index contributed by atoms with van der Waals surface area (Å²) in [4.78, 5) is 2.70. The molecule has 3 aliphatic rings. The van der Waals surface area contributed by atoms with E-state index in [2.05, 4.69) is 77.8 Å². The molecule has 0 bridgehead atoms. The summed E-state index contributed by atoms with van der Waals surface area (Å²) in [5.74, 6) is 0. The van der Waals surface area contributed by atoms with Gasteiger partial charge in [-0.2, -0.15) is 0 Å². The molecule has 2 aliphatic heterocycles. The Morgan fingerprint density at radius 1 is 0.900 bits per heavy atom. The monoisotopic (exact) mass is 530 g/mol. The topological polar surface area (TPSA) is 15.3 Å². The fourth-order valence-electron chi connectivity index (χ4n) is 5.31. The number of likely N-dealkylation sites (tertiary alicyclic amines) is 1. The zero-order chi connectivity index (χ0) is 18.9. The Labute approximate surface area is 202 Å². The SMILES string of the molecule is Br.Br.CC(CC1NCC=C2C1=C(c1ccccc1)c1ccccc12)N1CCCCC1. The van der Waals surface area contributed by atoms with Gasteiger partial charge in [-0.25, -0.2) is 0 Å². The highest BCUT2D eigenvalue weighted by atomic mass is 79.9. The summed E-state index contributed by atoms with van der Waals surface area (Å²) in [6.07, 6.45) is 7.69. The van der Waals surface area contributed by atoms with Gasteiger partial charge in [0.1, 0.15) is 0 Å². The molecule has 1 aliphatic carbocycles. The third kappa shape index (κ3) is 4.38. The summed E-state index contributed by atoms with van der Waals surface area (Å²) in [6.45, 7) is 5.92. The smallest absolute Gasteiger partial charge is 0.0350 e. The van der Waals surface area contributed by atoms with E-state index in [9.17, 15) is 0 Å². The van der Waals surface area contributed by atoms with Gasteiger partial charge >= 0.3 is 0 Å². The second-order valence-electron chi connectivity index (χ2n) is 8.46. The molecule has 0 spiro atoms. The molecule has 0 amide bonds. The lowest BCUT2D eigenvalue weighted by Gasteiger charge is -2.36. The lowest BCUT2D eigenvalue weighted by molar-refractivity contribution is 0.160. The fraction of sp³-hybridized carbons (Fsp3) is 0.385. The van der Waals surface area contributed by atoms with Crippen molar-refractivity contribution >= 4 is 45.1 Å². The minimum Gasteiger partial charge on any atom is -0.306 e. The van der Waals surface area contributed by atoms with Crippen LogP contribution in [0, 0.1) is 0 Å². The van der Waals surface area contributed by atoms with E-state index < -0.39 is 0 Å². The fourth-order valence-corrected chi connectivity index (χ4v) is 5.31. The van der Waals surface area contributed by atoms with Gasteiger partial charge in [-0.05, 0) is 72.7 Å². The van der Waals surface area contributed by atoms with Crippen molar-refractivity contribution in [3.63, 3.8) is 0 Å². The molecular weight excluding hydrogens is 500 g/mol. The van der Waals surface area contributed by atoms with Gasteiger partial charge in [0, 0.05) is 18.6 Å². The van der Waals surface area contributed by atoms with E-state index >= 15 is 0 Å². The summed E-state index contributed by atoms with van der Waals surface area (Å²) in [7, 11) is 0. The van der Waals surface area contributed by atoms with Crippen molar-refractivity contribution < 1.29 is 0 Å². The minimum atomic E-state index is 0. The van der Waals surface area contributed by atoms with Gasteiger partial charge < -0.3 is 10.2 Å². The summed E-state index contributed by atoms with van der Waals surface area (Å²) in [6, 6.07) is 21.0. The lowest BCUT2D eigenvalue weighted by Crippen LogP contribution is -2.44. The molecule has 0 saturated carbocycles. The maximum atomic E-state index is 3.83. The third-order valence-corrected chi connectivity index (χ3v) is 6.72. The van der Waals surface area contributed by atoms with Gasteiger partial charge in [-0.3, -0.25) is 0 Å². The number of piperidine rings is 1. The number of halogens is 2. The first-order chi connectivity index (χ1) is 13.8. The van der Waals surface area contributed by atoms with E-state index in [1.54, 1.807) is 0 Å². The molecule has 1 fully saturated rings. The van der Waals surface area contributed by atoms with Crippen molar-refractivity contribution in [2.24, 2.45) is 0 Å². The first-order valence-corrected chi connectivity index (χ1v) is 10.9. The predicted octanol–water partition coefficient (Wildman–Crippen LogP) is 6.28. The van der Waals surface area contributed by atoms with Gasteiger partial charge in [0.2, 0.25) is 0 Å². The Morgan fingerprint density at radius 2 is 1.57 bits per heavy atom.